The fourth-order valence-electron chi connectivity index (χ4n) is 5.67. The molecule has 1 heterocycles. The van der Waals surface area contributed by atoms with Crippen molar-refractivity contribution in [3.63, 3.8) is 0 Å². The number of hydrogen-bond donors (Lipinski definition) is 1. The monoisotopic (exact) mass is 727 g/mol. The first-order valence-corrected chi connectivity index (χ1v) is 15.3. The van der Waals surface area contributed by atoms with Crippen LogP contribution in [0.5, 0.6) is 0 Å². The molecule has 1 aliphatic rings. The highest BCUT2D eigenvalue weighted by Crippen LogP contribution is 2.38. The molecule has 4 rings (SSSR count). The fourth-order valence-corrected chi connectivity index (χ4v) is 5.67. The zero-order valence-electron chi connectivity index (χ0n) is 27.5. The summed E-state index contributed by atoms with van der Waals surface area (Å²) in [6.07, 6.45) is -10.4. The smallest absolute Gasteiger partial charge is 0.417 e. The number of allylic oxidation sites excluding steroid dienone is 2. The molecule has 274 valence electrons. The average Bonchev–Trinajstić information content (AvgIpc) is 3.06. The predicted molar refractivity (Wildman–Crippen MR) is 171 cm³/mol. The Kier molecular flexibility index (Phi) is 12.1. The van der Waals surface area contributed by atoms with E-state index in [1.165, 1.54) is 42.5 Å². The molecule has 1 fully saturated rings. The molecule has 0 aliphatic carbocycles. The predicted octanol–water partition coefficient (Wildman–Crippen LogP) is 6.07. The van der Waals surface area contributed by atoms with E-state index in [1.54, 1.807) is 25.1 Å². The zero-order valence-corrected chi connectivity index (χ0v) is 27.5. The molecule has 0 bridgehead atoms. The van der Waals surface area contributed by atoms with Gasteiger partial charge in [-0.05, 0) is 41.0 Å². The number of ether oxygens (including phenoxy) is 2. The van der Waals surface area contributed by atoms with Crippen LogP contribution >= 0.6 is 0 Å². The van der Waals surface area contributed by atoms with Crippen LogP contribution in [0.15, 0.2) is 66.2 Å². The maximum atomic E-state index is 15.2. The number of halogens is 8. The number of anilines is 2. The first kappa shape index (κ1) is 38.8. The molecule has 0 saturated carbocycles. The van der Waals surface area contributed by atoms with Crippen LogP contribution in [-0.4, -0.2) is 83.6 Å². The number of carbonyl (C=O) groups excluding carboxylic acids is 3. The van der Waals surface area contributed by atoms with E-state index >= 15 is 8.78 Å². The van der Waals surface area contributed by atoms with E-state index in [4.69, 9.17) is 9.47 Å². The van der Waals surface area contributed by atoms with Crippen molar-refractivity contribution >= 4 is 35.1 Å². The molecule has 3 aromatic rings. The second kappa shape index (κ2) is 15.9. The zero-order chi connectivity index (χ0) is 37.7. The number of amides is 1. The van der Waals surface area contributed by atoms with Crippen molar-refractivity contribution in [3.8, 4) is 0 Å². The Labute approximate surface area is 287 Å². The molecule has 16 heteroatoms. The van der Waals surface area contributed by atoms with Gasteiger partial charge in [0.15, 0.2) is 0 Å². The molecule has 0 aromatic heterocycles. The van der Waals surface area contributed by atoms with Gasteiger partial charge in [0.2, 0.25) is 0 Å². The lowest BCUT2D eigenvalue weighted by molar-refractivity contribution is -0.167. The summed E-state index contributed by atoms with van der Waals surface area (Å²) >= 11 is 0. The average molecular weight is 728 g/mol. The van der Waals surface area contributed by atoms with Gasteiger partial charge in [0.05, 0.1) is 25.9 Å². The number of nitrogens with zero attached hydrogens (tertiary/aromatic N) is 2. The number of hydrogen-bond acceptors (Lipinski definition) is 7. The summed E-state index contributed by atoms with van der Waals surface area (Å²) in [7, 11) is 4.28. The van der Waals surface area contributed by atoms with Crippen LogP contribution in [0.2, 0.25) is 0 Å². The van der Waals surface area contributed by atoms with E-state index < -0.39 is 83.4 Å². The molecule has 51 heavy (non-hydrogen) atoms. The van der Waals surface area contributed by atoms with Crippen LogP contribution in [0, 0.1) is 11.6 Å². The van der Waals surface area contributed by atoms with E-state index in [0.29, 0.717) is 22.7 Å². The second-order valence-electron chi connectivity index (χ2n) is 11.8. The number of methoxy groups -OCH3 is 1. The summed E-state index contributed by atoms with van der Waals surface area (Å²) in [4.78, 5) is 40.1. The van der Waals surface area contributed by atoms with Crippen LogP contribution in [0.1, 0.15) is 27.0 Å². The maximum Gasteiger partial charge on any atom is 0.417 e. The molecule has 1 amide bonds. The first-order valence-electron chi connectivity index (χ1n) is 15.3. The van der Waals surface area contributed by atoms with Gasteiger partial charge in [-0.2, -0.15) is 26.3 Å². The van der Waals surface area contributed by atoms with Crippen LogP contribution in [0.3, 0.4) is 0 Å². The Balaban J connectivity index is 1.60. The summed E-state index contributed by atoms with van der Waals surface area (Å²) in [5, 5.41) is 2.17. The fraction of sp³-hybridized carbons (Fsp3) is 0.343. The number of alkyl halides is 6. The van der Waals surface area contributed by atoms with Crippen LogP contribution < -0.4 is 15.1 Å². The summed E-state index contributed by atoms with van der Waals surface area (Å²) in [6.45, 7) is -1.23. The van der Waals surface area contributed by atoms with Gasteiger partial charge in [0, 0.05) is 50.4 Å². The third-order valence-electron chi connectivity index (χ3n) is 8.11. The topological polar surface area (TPSA) is 88.2 Å². The lowest BCUT2D eigenvalue weighted by atomic mass is 9.93. The van der Waals surface area contributed by atoms with Crippen molar-refractivity contribution < 1.29 is 59.0 Å². The lowest BCUT2D eigenvalue weighted by Crippen LogP contribution is -2.53. The quantitative estimate of drug-likeness (QED) is 0.111. The summed E-state index contributed by atoms with van der Waals surface area (Å²) in [5.74, 6) is -5.45. The minimum Gasteiger partial charge on any atom is -0.467 e. The third kappa shape index (κ3) is 9.42. The Morgan fingerprint density at radius 1 is 1.00 bits per heavy atom. The van der Waals surface area contributed by atoms with Crippen molar-refractivity contribution in [1.82, 2.24) is 5.32 Å². The SMILES string of the molecule is COC(=O)[C@H](Cc1cccc(C/C(C=O)=C(/c2cccc(N(C)C)c2)C(F)(F)F)c1)NC(=O)c1c(F)cc(N2CCOC[C@@H]2C(F)(F)F)cc1F. The molecule has 2 atom stereocenters. The van der Waals surface area contributed by atoms with E-state index in [1.807, 2.05) is 0 Å². The number of aldehydes is 1. The van der Waals surface area contributed by atoms with Gasteiger partial charge in [-0.15, -0.1) is 0 Å². The number of carbonyl (C=O) groups is 3. The number of esters is 1. The van der Waals surface area contributed by atoms with Gasteiger partial charge in [-0.3, -0.25) is 9.59 Å². The van der Waals surface area contributed by atoms with E-state index in [0.717, 1.165) is 7.11 Å². The van der Waals surface area contributed by atoms with Crippen molar-refractivity contribution in [1.29, 1.82) is 0 Å². The highest BCUT2D eigenvalue weighted by atomic mass is 19.4. The number of nitrogens with one attached hydrogen (secondary N) is 1. The number of benzene rings is 3. The normalized spacial score (nSPS) is 16.2. The highest BCUT2D eigenvalue weighted by Gasteiger charge is 2.46. The molecule has 8 nitrogen and oxygen atoms in total. The molecule has 0 radical (unpaired) electrons. The van der Waals surface area contributed by atoms with Crippen molar-refractivity contribution in [2.75, 3.05) is 50.8 Å². The largest absolute Gasteiger partial charge is 0.467 e. The Morgan fingerprint density at radius 2 is 1.65 bits per heavy atom. The van der Waals surface area contributed by atoms with Gasteiger partial charge in [-0.25, -0.2) is 13.6 Å². The minimum atomic E-state index is -4.90. The molecular weight excluding hydrogens is 694 g/mol. The Morgan fingerprint density at radius 3 is 2.24 bits per heavy atom. The maximum absolute atomic E-state index is 15.2. The molecule has 0 unspecified atom stereocenters. The van der Waals surface area contributed by atoms with Crippen molar-refractivity contribution in [2.24, 2.45) is 0 Å². The Hall–Kier alpha value is -4.99. The molecular formula is C35H33F8N3O5. The van der Waals surface area contributed by atoms with Crippen molar-refractivity contribution in [2.45, 2.75) is 37.3 Å². The summed E-state index contributed by atoms with van der Waals surface area (Å²) in [5.41, 5.74) is -2.58. The highest BCUT2D eigenvalue weighted by molar-refractivity contribution is 5.97. The standard InChI is InChI=1S/C35H33F8N3O5/c1-45(2)24-9-5-8-22(15-24)31(35(41,42)43)23(18-47)13-20-6-4-7-21(12-20)14-28(33(49)50-3)44-32(48)30-26(36)16-25(17-27(30)37)46-10-11-51-19-29(46)34(38,39)40/h4-9,12,15-18,28-29H,10-11,13-14,19H2,1-3H3,(H,44,48)/b31-23+/t28-,29+/m0/s1. The van der Waals surface area contributed by atoms with E-state index in [2.05, 4.69) is 5.32 Å². The second-order valence-corrected chi connectivity index (χ2v) is 11.8. The third-order valence-corrected chi connectivity index (χ3v) is 8.11. The number of morpholine rings is 1. The van der Waals surface area contributed by atoms with Gasteiger partial charge in [0.25, 0.3) is 5.91 Å². The lowest BCUT2D eigenvalue weighted by Gasteiger charge is -2.38. The van der Waals surface area contributed by atoms with Crippen LogP contribution in [0.4, 0.5) is 46.5 Å². The van der Waals surface area contributed by atoms with Gasteiger partial charge >= 0.3 is 18.3 Å². The van der Waals surface area contributed by atoms with Crippen molar-refractivity contribution in [3.05, 3.63) is 100 Å². The van der Waals surface area contributed by atoms with Gasteiger partial charge in [0.1, 0.15) is 35.6 Å². The first-order chi connectivity index (χ1) is 23.9. The van der Waals surface area contributed by atoms with E-state index in [-0.39, 0.29) is 42.5 Å². The molecule has 3 aromatic carbocycles. The van der Waals surface area contributed by atoms with Gasteiger partial charge < -0.3 is 24.6 Å². The molecule has 1 aliphatic heterocycles. The minimum absolute atomic E-state index is 0.117. The van der Waals surface area contributed by atoms with Crippen LogP contribution in [0.25, 0.3) is 5.57 Å². The van der Waals surface area contributed by atoms with Gasteiger partial charge in [-0.1, -0.05) is 36.4 Å². The molecule has 1 N–H and O–H groups in total. The summed E-state index contributed by atoms with van der Waals surface area (Å²) in [6, 6.07) is 8.73. The molecule has 1 saturated heterocycles. The Bertz CT molecular complexity index is 1770. The number of rotatable bonds is 11. The summed E-state index contributed by atoms with van der Waals surface area (Å²) < 4.78 is 124. The molecule has 0 spiro atoms. The van der Waals surface area contributed by atoms with E-state index in [9.17, 15) is 40.7 Å². The van der Waals surface area contributed by atoms with Crippen LogP contribution in [-0.2, 0) is 31.9 Å².